The highest BCUT2D eigenvalue weighted by Gasteiger charge is 2.33. The summed E-state index contributed by atoms with van der Waals surface area (Å²) in [7, 11) is -2.82. The van der Waals surface area contributed by atoms with Crippen molar-refractivity contribution < 1.29 is 44.6 Å². The van der Waals surface area contributed by atoms with E-state index in [1.165, 1.54) is 30.2 Å². The second kappa shape index (κ2) is 9.51. The fourth-order valence-electron chi connectivity index (χ4n) is 3.27. The summed E-state index contributed by atoms with van der Waals surface area (Å²) in [6.45, 7) is -3.16. The van der Waals surface area contributed by atoms with Gasteiger partial charge in [-0.25, -0.2) is 8.42 Å². The van der Waals surface area contributed by atoms with Crippen molar-refractivity contribution in [3.8, 4) is 11.5 Å². The number of carbonyl (C=O) groups is 1. The number of carbonyl (C=O) groups excluding carboxylic acids is 1. The maximum absolute atomic E-state index is 12.8. The number of halogens is 5. The van der Waals surface area contributed by atoms with Crippen molar-refractivity contribution in [2.45, 2.75) is 17.7 Å². The number of rotatable bonds is 6. The Balaban J connectivity index is 1.68. The molecular formula is C20H19F5N2O5S. The van der Waals surface area contributed by atoms with Crippen molar-refractivity contribution >= 4 is 15.9 Å². The van der Waals surface area contributed by atoms with Gasteiger partial charge in [0.15, 0.2) is 11.5 Å². The van der Waals surface area contributed by atoms with Crippen LogP contribution in [0.2, 0.25) is 0 Å². The highest BCUT2D eigenvalue weighted by molar-refractivity contribution is 7.89. The van der Waals surface area contributed by atoms with E-state index in [-0.39, 0.29) is 48.1 Å². The van der Waals surface area contributed by atoms with Crippen LogP contribution in [0.15, 0.2) is 47.4 Å². The molecule has 1 aliphatic heterocycles. The number of amides is 1. The van der Waals surface area contributed by atoms with Gasteiger partial charge in [0, 0.05) is 31.7 Å². The summed E-state index contributed by atoms with van der Waals surface area (Å²) < 4.78 is 98.9. The van der Waals surface area contributed by atoms with Gasteiger partial charge in [-0.1, -0.05) is 0 Å². The summed E-state index contributed by atoms with van der Waals surface area (Å²) in [5.74, 6) is -0.773. The average molecular weight is 494 g/mol. The maximum atomic E-state index is 12.8. The third-order valence-electron chi connectivity index (χ3n) is 4.97. The number of piperazine rings is 1. The lowest BCUT2D eigenvalue weighted by molar-refractivity contribution is -0.137. The predicted octanol–water partition coefficient (Wildman–Crippen LogP) is 3.46. The summed E-state index contributed by atoms with van der Waals surface area (Å²) in [5, 5.41) is 0. The molecule has 0 spiro atoms. The minimum Gasteiger partial charge on any atom is -0.493 e. The average Bonchev–Trinajstić information content (AvgIpc) is 2.78. The number of hydrogen-bond acceptors (Lipinski definition) is 5. The van der Waals surface area contributed by atoms with Crippen molar-refractivity contribution in [2.75, 3.05) is 33.3 Å². The first-order chi connectivity index (χ1) is 15.4. The van der Waals surface area contributed by atoms with Crippen LogP contribution in [0.4, 0.5) is 22.0 Å². The van der Waals surface area contributed by atoms with Crippen molar-refractivity contribution in [2.24, 2.45) is 0 Å². The van der Waals surface area contributed by atoms with Crippen LogP contribution in [-0.2, 0) is 16.2 Å². The van der Waals surface area contributed by atoms with Crippen molar-refractivity contribution in [1.82, 2.24) is 9.21 Å². The summed E-state index contributed by atoms with van der Waals surface area (Å²) in [6.07, 6.45) is -4.58. The van der Waals surface area contributed by atoms with Crippen LogP contribution in [0.3, 0.4) is 0 Å². The molecule has 0 unspecified atom stereocenters. The Bertz CT molecular complexity index is 1100. The largest absolute Gasteiger partial charge is 0.493 e. The highest BCUT2D eigenvalue weighted by atomic mass is 32.2. The molecule has 0 radical (unpaired) electrons. The van der Waals surface area contributed by atoms with Gasteiger partial charge in [-0.05, 0) is 42.5 Å². The Morgan fingerprint density at radius 2 is 1.58 bits per heavy atom. The monoisotopic (exact) mass is 494 g/mol. The van der Waals surface area contributed by atoms with E-state index in [1.807, 2.05) is 0 Å². The lowest BCUT2D eigenvalue weighted by Gasteiger charge is -2.34. The minimum absolute atomic E-state index is 0.0241. The first-order valence-corrected chi connectivity index (χ1v) is 11.0. The fraction of sp³-hybridized carbons (Fsp3) is 0.350. The number of benzene rings is 2. The Hall–Kier alpha value is -2.93. The predicted molar refractivity (Wildman–Crippen MR) is 106 cm³/mol. The van der Waals surface area contributed by atoms with E-state index in [2.05, 4.69) is 4.74 Å². The van der Waals surface area contributed by atoms with E-state index in [0.717, 1.165) is 16.4 Å². The summed E-state index contributed by atoms with van der Waals surface area (Å²) in [5.41, 5.74) is -0.829. The van der Waals surface area contributed by atoms with Gasteiger partial charge in [-0.3, -0.25) is 4.79 Å². The van der Waals surface area contributed by atoms with Crippen LogP contribution in [0, 0.1) is 0 Å². The van der Waals surface area contributed by atoms with Gasteiger partial charge in [0.25, 0.3) is 5.91 Å². The molecule has 0 N–H and O–H groups in total. The molecule has 1 saturated heterocycles. The Morgan fingerprint density at radius 1 is 0.970 bits per heavy atom. The normalized spacial score (nSPS) is 15.5. The molecule has 3 rings (SSSR count). The first-order valence-electron chi connectivity index (χ1n) is 9.53. The molecule has 2 aromatic carbocycles. The standard InChI is InChI=1S/C20H19F5N2O5S/c1-31-17-12-13(2-7-16(17)32-19(21)22)18(28)26-8-10-27(11-9-26)33(29,30)15-5-3-14(4-6-15)20(23,24)25/h2-7,12,19H,8-11H2,1H3. The molecule has 13 heteroatoms. The van der Waals surface area contributed by atoms with E-state index >= 15 is 0 Å². The van der Waals surface area contributed by atoms with E-state index in [0.29, 0.717) is 12.1 Å². The van der Waals surface area contributed by atoms with Crippen molar-refractivity contribution in [3.63, 3.8) is 0 Å². The van der Waals surface area contributed by atoms with Crippen LogP contribution in [0.1, 0.15) is 15.9 Å². The lowest BCUT2D eigenvalue weighted by atomic mass is 10.1. The summed E-state index contributed by atoms with van der Waals surface area (Å²) in [4.78, 5) is 13.9. The quantitative estimate of drug-likeness (QED) is 0.575. The molecule has 33 heavy (non-hydrogen) atoms. The number of hydrogen-bond donors (Lipinski definition) is 0. The van der Waals surface area contributed by atoms with Gasteiger partial charge in [-0.2, -0.15) is 26.3 Å². The molecule has 1 aliphatic rings. The molecule has 0 aromatic heterocycles. The molecule has 0 aliphatic carbocycles. The summed E-state index contributed by atoms with van der Waals surface area (Å²) >= 11 is 0. The Kier molecular flexibility index (Phi) is 7.12. The first kappa shape index (κ1) is 24.7. The highest BCUT2D eigenvalue weighted by Crippen LogP contribution is 2.31. The molecule has 2 aromatic rings. The third kappa shape index (κ3) is 5.53. The fourth-order valence-corrected chi connectivity index (χ4v) is 4.70. The molecule has 0 bridgehead atoms. The van der Waals surface area contributed by atoms with E-state index in [9.17, 15) is 35.2 Å². The smallest absolute Gasteiger partial charge is 0.416 e. The van der Waals surface area contributed by atoms with Gasteiger partial charge in [0.05, 0.1) is 17.6 Å². The van der Waals surface area contributed by atoms with E-state index in [4.69, 9.17) is 4.74 Å². The number of sulfonamides is 1. The Labute approximate surface area is 186 Å². The second-order valence-corrected chi connectivity index (χ2v) is 8.90. The molecule has 0 atom stereocenters. The van der Waals surface area contributed by atoms with Gasteiger partial charge in [0.2, 0.25) is 10.0 Å². The maximum Gasteiger partial charge on any atom is 0.416 e. The molecule has 0 saturated carbocycles. The zero-order chi connectivity index (χ0) is 24.4. The SMILES string of the molecule is COc1cc(C(=O)N2CCN(S(=O)(=O)c3ccc(C(F)(F)F)cc3)CC2)ccc1OC(F)F. The lowest BCUT2D eigenvalue weighted by Crippen LogP contribution is -2.50. The number of nitrogens with zero attached hydrogens (tertiary/aromatic N) is 2. The third-order valence-corrected chi connectivity index (χ3v) is 6.88. The zero-order valence-electron chi connectivity index (χ0n) is 17.2. The minimum atomic E-state index is -4.58. The molecule has 1 amide bonds. The molecule has 180 valence electrons. The zero-order valence-corrected chi connectivity index (χ0v) is 18.0. The number of ether oxygens (including phenoxy) is 2. The van der Waals surface area contributed by atoms with Crippen LogP contribution in [0.5, 0.6) is 11.5 Å². The molecule has 1 fully saturated rings. The van der Waals surface area contributed by atoms with Crippen molar-refractivity contribution in [3.05, 3.63) is 53.6 Å². The van der Waals surface area contributed by atoms with Gasteiger partial charge in [0.1, 0.15) is 0 Å². The molecular weight excluding hydrogens is 475 g/mol. The Morgan fingerprint density at radius 3 is 2.09 bits per heavy atom. The second-order valence-electron chi connectivity index (χ2n) is 6.96. The number of methoxy groups -OCH3 is 1. The molecule has 7 nitrogen and oxygen atoms in total. The van der Waals surface area contributed by atoms with Gasteiger partial charge in [-0.15, -0.1) is 0 Å². The van der Waals surface area contributed by atoms with E-state index < -0.39 is 34.3 Å². The topological polar surface area (TPSA) is 76.2 Å². The van der Waals surface area contributed by atoms with Crippen LogP contribution in [-0.4, -0.2) is 63.4 Å². The van der Waals surface area contributed by atoms with Crippen LogP contribution < -0.4 is 9.47 Å². The number of alkyl halides is 5. The van der Waals surface area contributed by atoms with Crippen LogP contribution >= 0.6 is 0 Å². The van der Waals surface area contributed by atoms with Crippen molar-refractivity contribution in [1.29, 1.82) is 0 Å². The van der Waals surface area contributed by atoms with Gasteiger partial charge >= 0.3 is 12.8 Å². The summed E-state index contributed by atoms with van der Waals surface area (Å²) in [6, 6.07) is 6.88. The van der Waals surface area contributed by atoms with E-state index in [1.54, 1.807) is 0 Å². The molecule has 1 heterocycles. The van der Waals surface area contributed by atoms with Crippen LogP contribution in [0.25, 0.3) is 0 Å². The van der Waals surface area contributed by atoms with Gasteiger partial charge < -0.3 is 14.4 Å².